The summed E-state index contributed by atoms with van der Waals surface area (Å²) in [5, 5.41) is 37.5. The monoisotopic (exact) mass is 757 g/mol. The molecule has 6 rings (SSSR count). The normalized spacial score (nSPS) is 32.2. The second kappa shape index (κ2) is 16.1. The number of aryl methyl sites for hydroxylation is 1. The molecule has 15 nitrogen and oxygen atoms in total. The minimum absolute atomic E-state index is 0.107. The predicted molar refractivity (Wildman–Crippen MR) is 187 cm³/mol. The molecule has 286 valence electrons. The second-order valence-electron chi connectivity index (χ2n) is 14.5. The first kappa shape index (κ1) is 38.6. The average molecular weight is 758 g/mol. The molecule has 0 spiro atoms. The van der Waals surface area contributed by atoms with E-state index in [4.69, 9.17) is 30.5 Å². The van der Waals surface area contributed by atoms with Crippen LogP contribution in [-0.4, -0.2) is 101 Å². The Balaban J connectivity index is 1.13. The van der Waals surface area contributed by atoms with E-state index in [1.54, 1.807) is 24.3 Å². The number of nitrogens with one attached hydrogen (secondary N) is 1. The third-order valence-corrected chi connectivity index (χ3v) is 12.0. The van der Waals surface area contributed by atoms with Crippen molar-refractivity contribution in [2.75, 3.05) is 19.5 Å². The smallest absolute Gasteiger partial charge is 0.345 e. The first-order valence-electron chi connectivity index (χ1n) is 17.8. The maximum Gasteiger partial charge on any atom is 0.345 e. The van der Waals surface area contributed by atoms with Crippen LogP contribution in [0.2, 0.25) is 0 Å². The standard InChI is InChI=1S/C37H44ClN3O12/c1-37-15-14-23-22-11-9-21(51-33(46)19-6-4-3-5-7-19)18-20(22)8-10-24(23)25(37)12-13-26(37)30(32(44)45)52-34(47)31-29(43)28(42)27(35(50-2)53-31)39-36(48)41(40-49)17-16-38/h3-7,9,11,18,23-31,35,42-43H,8,10,12-17H2,1-2H3,(H,39,48)(H,44,45)/t23-,24-,25+,26+,27+,28+,29-,30?,31-,35-,37-/m0/s1. The van der Waals surface area contributed by atoms with Crippen molar-refractivity contribution in [1.82, 2.24) is 10.3 Å². The predicted octanol–water partition coefficient (Wildman–Crippen LogP) is 3.77. The van der Waals surface area contributed by atoms with Crippen LogP contribution in [0.1, 0.15) is 66.4 Å². The number of hydrogen-bond acceptors (Lipinski definition) is 12. The van der Waals surface area contributed by atoms with Crippen LogP contribution in [0.5, 0.6) is 5.75 Å². The Morgan fingerprint density at radius 3 is 2.51 bits per heavy atom. The minimum atomic E-state index is -1.95. The molecule has 1 saturated heterocycles. The molecule has 2 aromatic carbocycles. The van der Waals surface area contributed by atoms with Gasteiger partial charge in [-0.3, -0.25) is 0 Å². The Labute approximate surface area is 310 Å². The van der Waals surface area contributed by atoms with E-state index in [-0.39, 0.29) is 30.2 Å². The number of fused-ring (bicyclic) bond motifs is 5. The Hall–Kier alpha value is -4.15. The second-order valence-corrected chi connectivity index (χ2v) is 14.8. The number of carbonyl (C=O) groups excluding carboxylic acids is 3. The number of rotatable bonds is 11. The molecule has 53 heavy (non-hydrogen) atoms. The molecule has 4 aliphatic rings. The number of hydrogen-bond donors (Lipinski definition) is 4. The van der Waals surface area contributed by atoms with E-state index in [0.29, 0.717) is 29.2 Å². The highest BCUT2D eigenvalue weighted by Gasteiger charge is 2.59. The van der Waals surface area contributed by atoms with Gasteiger partial charge in [-0.15, -0.1) is 16.5 Å². The fourth-order valence-corrected chi connectivity index (χ4v) is 9.45. The Bertz CT molecular complexity index is 1700. The SMILES string of the molecule is CO[C@H]1O[C@H](C(=O)OC(C(=O)O)[C@H]2CC[C@@H]3[C@H]4CCc5cc(OC(=O)c6ccccc6)ccc5[C@@H]4CC[C@]23C)[C@@H](O)[C@H](O)[C@H]1NC(=O)N(CCCl)N=O. The molecule has 0 aromatic heterocycles. The van der Waals surface area contributed by atoms with Crippen molar-refractivity contribution >= 4 is 35.5 Å². The summed E-state index contributed by atoms with van der Waals surface area (Å²) in [6.07, 6.45) is -4.29. The van der Waals surface area contributed by atoms with Crippen molar-refractivity contribution in [2.24, 2.45) is 28.5 Å². The van der Waals surface area contributed by atoms with Crippen molar-refractivity contribution in [3.63, 3.8) is 0 Å². The van der Waals surface area contributed by atoms with Crippen LogP contribution in [0.15, 0.2) is 53.8 Å². The number of nitrogens with zero attached hydrogens (tertiary/aromatic N) is 2. The number of carbonyl (C=O) groups is 4. The largest absolute Gasteiger partial charge is 0.478 e. The number of aliphatic hydroxyl groups excluding tert-OH is 2. The van der Waals surface area contributed by atoms with Gasteiger partial charge in [0.15, 0.2) is 12.4 Å². The highest BCUT2D eigenvalue weighted by molar-refractivity contribution is 6.18. The molecule has 2 saturated carbocycles. The van der Waals surface area contributed by atoms with Crippen LogP contribution in [0.25, 0.3) is 0 Å². The molecular weight excluding hydrogens is 714 g/mol. The van der Waals surface area contributed by atoms with Gasteiger partial charge in [0.1, 0.15) is 24.0 Å². The van der Waals surface area contributed by atoms with E-state index in [1.165, 1.54) is 12.7 Å². The number of carboxylic acid groups (broad SMARTS) is 1. The number of methoxy groups -OCH3 is 1. The number of urea groups is 1. The lowest BCUT2D eigenvalue weighted by Crippen LogP contribution is -2.66. The van der Waals surface area contributed by atoms with Crippen LogP contribution < -0.4 is 10.1 Å². The molecule has 0 bridgehead atoms. The Kier molecular flexibility index (Phi) is 11.7. The third kappa shape index (κ3) is 7.49. The van der Waals surface area contributed by atoms with Gasteiger partial charge < -0.3 is 39.6 Å². The highest BCUT2D eigenvalue weighted by Crippen LogP contribution is 2.64. The molecule has 2 aromatic rings. The quantitative estimate of drug-likeness (QED) is 0.0849. The number of alkyl halides is 1. The minimum Gasteiger partial charge on any atom is -0.478 e. The van der Waals surface area contributed by atoms with Gasteiger partial charge in [0.25, 0.3) is 0 Å². The van der Waals surface area contributed by atoms with Gasteiger partial charge >= 0.3 is 23.9 Å². The van der Waals surface area contributed by atoms with Crippen molar-refractivity contribution in [2.45, 2.75) is 88.1 Å². The first-order chi connectivity index (χ1) is 25.4. The van der Waals surface area contributed by atoms with Gasteiger partial charge in [-0.2, -0.15) is 5.01 Å². The number of amides is 2. The van der Waals surface area contributed by atoms with Gasteiger partial charge in [0.05, 0.1) is 17.4 Å². The van der Waals surface area contributed by atoms with E-state index in [1.807, 2.05) is 24.3 Å². The number of aliphatic hydroxyl groups is 2. The summed E-state index contributed by atoms with van der Waals surface area (Å²) in [4.78, 5) is 62.5. The van der Waals surface area contributed by atoms with Gasteiger partial charge in [-0.05, 0) is 97.1 Å². The van der Waals surface area contributed by atoms with Gasteiger partial charge in [-0.25, -0.2) is 19.2 Å². The summed E-state index contributed by atoms with van der Waals surface area (Å²) >= 11 is 5.60. The summed E-state index contributed by atoms with van der Waals surface area (Å²) in [5.74, 6) is -2.42. The average Bonchev–Trinajstić information content (AvgIpc) is 3.51. The van der Waals surface area contributed by atoms with Crippen LogP contribution in [-0.2, 0) is 30.2 Å². The lowest BCUT2D eigenvalue weighted by molar-refractivity contribution is -0.260. The fraction of sp³-hybridized carbons (Fsp3) is 0.568. The molecule has 1 unspecified atom stereocenters. The highest BCUT2D eigenvalue weighted by atomic mass is 35.5. The number of aliphatic carboxylic acids is 1. The maximum atomic E-state index is 13.5. The molecule has 3 aliphatic carbocycles. The summed E-state index contributed by atoms with van der Waals surface area (Å²) in [6.45, 7) is 1.83. The Morgan fingerprint density at radius 2 is 1.83 bits per heavy atom. The van der Waals surface area contributed by atoms with Crippen LogP contribution in [0.4, 0.5) is 4.79 Å². The number of carboxylic acids is 1. The number of halogens is 1. The van der Waals surface area contributed by atoms with Crippen LogP contribution in [0.3, 0.4) is 0 Å². The van der Waals surface area contributed by atoms with Crippen molar-refractivity contribution in [3.05, 3.63) is 70.1 Å². The number of esters is 2. The topological polar surface area (TPSA) is 211 Å². The number of ether oxygens (including phenoxy) is 4. The van der Waals surface area contributed by atoms with E-state index in [0.717, 1.165) is 31.2 Å². The summed E-state index contributed by atoms with van der Waals surface area (Å²) in [6, 6.07) is 12.1. The molecule has 16 heteroatoms. The molecule has 11 atom stereocenters. The molecule has 1 heterocycles. The zero-order valence-corrected chi connectivity index (χ0v) is 30.1. The molecule has 3 fully saturated rings. The zero-order valence-electron chi connectivity index (χ0n) is 29.3. The Morgan fingerprint density at radius 1 is 1.08 bits per heavy atom. The molecule has 1 aliphatic heterocycles. The summed E-state index contributed by atoms with van der Waals surface area (Å²) in [5.41, 5.74) is 2.35. The van der Waals surface area contributed by atoms with Crippen LogP contribution in [0, 0.1) is 28.1 Å². The fourth-order valence-electron chi connectivity index (χ4n) is 9.29. The van der Waals surface area contributed by atoms with Gasteiger partial charge in [-0.1, -0.05) is 31.2 Å². The van der Waals surface area contributed by atoms with Gasteiger partial charge in [0.2, 0.25) is 6.10 Å². The first-order valence-corrected chi connectivity index (χ1v) is 18.3. The van der Waals surface area contributed by atoms with E-state index in [2.05, 4.69) is 17.5 Å². The molecular formula is C37H44ClN3O12. The number of nitroso groups, excluding NO2 is 1. The van der Waals surface area contributed by atoms with E-state index in [9.17, 15) is 39.4 Å². The lowest BCUT2D eigenvalue weighted by atomic mass is 9.53. The van der Waals surface area contributed by atoms with E-state index >= 15 is 0 Å². The van der Waals surface area contributed by atoms with Crippen LogP contribution >= 0.6 is 11.6 Å². The molecule has 0 radical (unpaired) electrons. The van der Waals surface area contributed by atoms with E-state index < -0.39 is 72.0 Å². The zero-order chi connectivity index (χ0) is 38.0. The van der Waals surface area contributed by atoms with Gasteiger partial charge in [0, 0.05) is 18.9 Å². The maximum absolute atomic E-state index is 13.5. The van der Waals surface area contributed by atoms with Crippen molar-refractivity contribution < 1.29 is 53.4 Å². The molecule has 4 N–H and O–H groups in total. The number of benzene rings is 2. The van der Waals surface area contributed by atoms with Crippen molar-refractivity contribution in [1.29, 1.82) is 0 Å². The lowest BCUT2D eigenvalue weighted by Gasteiger charge is -2.51. The summed E-state index contributed by atoms with van der Waals surface area (Å²) < 4.78 is 22.1. The molecule has 2 amide bonds. The third-order valence-electron chi connectivity index (χ3n) is 11.8. The van der Waals surface area contributed by atoms with Crippen molar-refractivity contribution in [3.8, 4) is 5.75 Å². The summed E-state index contributed by atoms with van der Waals surface area (Å²) in [7, 11) is 1.17.